The largest absolute Gasteiger partial charge is 0.340 e. The highest BCUT2D eigenvalue weighted by Crippen LogP contribution is 2.38. The van der Waals surface area contributed by atoms with E-state index < -0.39 is 5.79 Å². The zero-order valence-electron chi connectivity index (χ0n) is 18.3. The highest BCUT2D eigenvalue weighted by atomic mass is 16.7. The van der Waals surface area contributed by atoms with Gasteiger partial charge in [-0.25, -0.2) is 0 Å². The van der Waals surface area contributed by atoms with Gasteiger partial charge < -0.3 is 9.47 Å². The normalized spacial score (nSPS) is 15.0. The van der Waals surface area contributed by atoms with Crippen LogP contribution in [0.5, 0.6) is 0 Å². The van der Waals surface area contributed by atoms with Gasteiger partial charge in [0.1, 0.15) is 0 Å². The lowest BCUT2D eigenvalue weighted by atomic mass is 9.95. The molecule has 2 heteroatoms. The summed E-state index contributed by atoms with van der Waals surface area (Å²) in [7, 11) is 0. The summed E-state index contributed by atoms with van der Waals surface area (Å²) in [4.78, 5) is 0. The van der Waals surface area contributed by atoms with E-state index in [-0.39, 0.29) is 0 Å². The van der Waals surface area contributed by atoms with Crippen LogP contribution in [0.2, 0.25) is 0 Å². The summed E-state index contributed by atoms with van der Waals surface area (Å²) < 4.78 is 11.8. The van der Waals surface area contributed by atoms with Crippen LogP contribution < -0.4 is 0 Å². The summed E-state index contributed by atoms with van der Waals surface area (Å²) in [5, 5.41) is 8.14. The molecule has 0 radical (unpaired) electrons. The van der Waals surface area contributed by atoms with Crippen molar-refractivity contribution >= 4 is 32.3 Å². The van der Waals surface area contributed by atoms with E-state index in [9.17, 15) is 0 Å². The van der Waals surface area contributed by atoms with Gasteiger partial charge in [-0.05, 0) is 32.3 Å². The molecule has 0 N–H and O–H groups in total. The van der Waals surface area contributed by atoms with E-state index in [1.54, 1.807) is 0 Å². The summed E-state index contributed by atoms with van der Waals surface area (Å²) in [6.07, 6.45) is 0. The predicted molar refractivity (Wildman–Crippen MR) is 136 cm³/mol. The van der Waals surface area contributed by atoms with Gasteiger partial charge in [0.2, 0.25) is 5.79 Å². The van der Waals surface area contributed by atoms with Crippen LogP contribution >= 0.6 is 0 Å². The molecule has 1 fully saturated rings. The number of ether oxygens (including phenoxy) is 2. The molecule has 33 heavy (non-hydrogen) atoms. The standard InChI is InChI=1S/C16H10.C15H14O2/c1-3-11-7-9-13-5-2-6-14-10-8-12(4-1)15(11)16(13)14;1-3-7-13(8-4-1)15(16-11-12-17-15)14-9-5-2-6-10-14/h1-10H;1-10H,11-12H2. The van der Waals surface area contributed by atoms with E-state index in [1.807, 2.05) is 60.7 Å². The monoisotopic (exact) mass is 428 g/mol. The van der Waals surface area contributed by atoms with Gasteiger partial charge in [-0.15, -0.1) is 0 Å². The van der Waals surface area contributed by atoms with Crippen molar-refractivity contribution in [3.63, 3.8) is 0 Å². The molecule has 2 nitrogen and oxygen atoms in total. The second-order valence-electron chi connectivity index (χ2n) is 8.34. The Balaban J connectivity index is 0.000000125. The van der Waals surface area contributed by atoms with E-state index in [0.29, 0.717) is 13.2 Å². The Kier molecular flexibility index (Phi) is 5.03. The number of rotatable bonds is 2. The van der Waals surface area contributed by atoms with E-state index in [1.165, 1.54) is 32.3 Å². The van der Waals surface area contributed by atoms with Crippen molar-refractivity contribution in [3.05, 3.63) is 132 Å². The van der Waals surface area contributed by atoms with Crippen molar-refractivity contribution in [1.82, 2.24) is 0 Å². The van der Waals surface area contributed by atoms with Crippen LogP contribution in [0.25, 0.3) is 32.3 Å². The predicted octanol–water partition coefficient (Wildman–Crippen LogP) is 7.52. The summed E-state index contributed by atoms with van der Waals surface area (Å²) in [5.41, 5.74) is 2.09. The van der Waals surface area contributed by atoms with Crippen LogP contribution in [0.3, 0.4) is 0 Å². The van der Waals surface area contributed by atoms with Crippen molar-refractivity contribution in [2.45, 2.75) is 5.79 Å². The molecule has 0 atom stereocenters. The molecule has 1 aliphatic rings. The molecule has 6 aromatic rings. The maximum Gasteiger partial charge on any atom is 0.222 e. The van der Waals surface area contributed by atoms with Gasteiger partial charge in [-0.3, -0.25) is 0 Å². The Labute approximate surface area is 193 Å². The van der Waals surface area contributed by atoms with Gasteiger partial charge in [0.05, 0.1) is 13.2 Å². The third-order valence-electron chi connectivity index (χ3n) is 6.39. The summed E-state index contributed by atoms with van der Waals surface area (Å²) in [5.74, 6) is -0.720. The lowest BCUT2D eigenvalue weighted by molar-refractivity contribution is -0.129. The average molecular weight is 429 g/mol. The van der Waals surface area contributed by atoms with Crippen LogP contribution in [-0.2, 0) is 15.3 Å². The lowest BCUT2D eigenvalue weighted by Crippen LogP contribution is -2.28. The van der Waals surface area contributed by atoms with Gasteiger partial charge in [-0.1, -0.05) is 121 Å². The first-order valence-corrected chi connectivity index (χ1v) is 11.4. The molecule has 0 aromatic heterocycles. The molecule has 6 aromatic carbocycles. The maximum atomic E-state index is 5.89. The van der Waals surface area contributed by atoms with Crippen molar-refractivity contribution in [2.75, 3.05) is 13.2 Å². The summed E-state index contributed by atoms with van der Waals surface area (Å²) in [6, 6.07) is 42.0. The van der Waals surface area contributed by atoms with Crippen LogP contribution in [0.15, 0.2) is 121 Å². The number of hydrogen-bond acceptors (Lipinski definition) is 2. The Morgan fingerprint density at radius 2 is 0.758 bits per heavy atom. The minimum Gasteiger partial charge on any atom is -0.340 e. The van der Waals surface area contributed by atoms with Crippen molar-refractivity contribution in [2.24, 2.45) is 0 Å². The molecule has 0 saturated carbocycles. The highest BCUT2D eigenvalue weighted by Gasteiger charge is 2.40. The quantitative estimate of drug-likeness (QED) is 0.266. The number of benzene rings is 6. The fourth-order valence-electron chi connectivity index (χ4n) is 4.90. The molecule has 160 valence electrons. The summed E-state index contributed by atoms with van der Waals surface area (Å²) in [6.45, 7) is 1.26. The van der Waals surface area contributed by atoms with Crippen molar-refractivity contribution < 1.29 is 9.47 Å². The van der Waals surface area contributed by atoms with E-state index >= 15 is 0 Å². The van der Waals surface area contributed by atoms with Crippen LogP contribution in [-0.4, -0.2) is 13.2 Å². The Morgan fingerprint density at radius 3 is 1.12 bits per heavy atom. The fraction of sp³-hybridized carbons (Fsp3) is 0.0968. The first-order valence-electron chi connectivity index (χ1n) is 11.4. The van der Waals surface area contributed by atoms with Crippen molar-refractivity contribution in [1.29, 1.82) is 0 Å². The molecule has 0 bridgehead atoms. The SMILES string of the molecule is c1cc2ccc3cccc4ccc(c1)c2c34.c1ccc(C2(c3ccccc3)OCCO2)cc1. The zero-order chi connectivity index (χ0) is 22.1. The third-order valence-corrected chi connectivity index (χ3v) is 6.39. The molecule has 0 spiro atoms. The van der Waals surface area contributed by atoms with Gasteiger partial charge in [0.25, 0.3) is 0 Å². The second kappa shape index (κ2) is 8.32. The Bertz CT molecular complexity index is 1330. The topological polar surface area (TPSA) is 18.5 Å². The van der Waals surface area contributed by atoms with Crippen LogP contribution in [0.4, 0.5) is 0 Å². The van der Waals surface area contributed by atoms with Crippen LogP contribution in [0, 0.1) is 0 Å². The maximum absolute atomic E-state index is 5.89. The minimum absolute atomic E-state index is 0.629. The fourth-order valence-corrected chi connectivity index (χ4v) is 4.90. The third kappa shape index (κ3) is 3.45. The first-order chi connectivity index (χ1) is 16.4. The van der Waals surface area contributed by atoms with Gasteiger partial charge in [0, 0.05) is 11.1 Å². The molecular formula is C31H24O2. The van der Waals surface area contributed by atoms with E-state index in [0.717, 1.165) is 11.1 Å². The molecule has 0 amide bonds. The van der Waals surface area contributed by atoms with Gasteiger partial charge in [0.15, 0.2) is 0 Å². The average Bonchev–Trinajstić information content (AvgIpc) is 3.40. The minimum atomic E-state index is -0.720. The molecule has 1 aliphatic heterocycles. The Hall–Kier alpha value is -3.72. The second-order valence-corrected chi connectivity index (χ2v) is 8.34. The molecule has 1 saturated heterocycles. The van der Waals surface area contributed by atoms with E-state index in [2.05, 4.69) is 60.7 Å². The van der Waals surface area contributed by atoms with Crippen molar-refractivity contribution in [3.8, 4) is 0 Å². The lowest BCUT2D eigenvalue weighted by Gasteiger charge is -2.28. The molecular weight excluding hydrogens is 404 g/mol. The molecule has 1 heterocycles. The first kappa shape index (κ1) is 19.9. The Morgan fingerprint density at radius 1 is 0.394 bits per heavy atom. The molecule has 7 rings (SSSR count). The van der Waals surface area contributed by atoms with Gasteiger partial charge in [-0.2, -0.15) is 0 Å². The van der Waals surface area contributed by atoms with E-state index in [4.69, 9.17) is 9.47 Å². The summed E-state index contributed by atoms with van der Waals surface area (Å²) >= 11 is 0. The molecule has 0 unspecified atom stereocenters. The number of hydrogen-bond donors (Lipinski definition) is 0. The smallest absolute Gasteiger partial charge is 0.222 e. The zero-order valence-corrected chi connectivity index (χ0v) is 18.3. The van der Waals surface area contributed by atoms with Crippen LogP contribution in [0.1, 0.15) is 11.1 Å². The highest BCUT2D eigenvalue weighted by molar-refractivity contribution is 6.22. The van der Waals surface area contributed by atoms with Gasteiger partial charge >= 0.3 is 0 Å². The molecule has 0 aliphatic carbocycles.